The summed E-state index contributed by atoms with van der Waals surface area (Å²) < 4.78 is 5.47. The number of benzene rings is 1. The quantitative estimate of drug-likeness (QED) is 0.936. The maximum absolute atomic E-state index is 11.2. The lowest BCUT2D eigenvalue weighted by Gasteiger charge is -2.36. The Morgan fingerprint density at radius 2 is 1.86 bits per heavy atom. The second-order valence-corrected chi connectivity index (χ2v) is 5.13. The molecule has 1 aromatic heterocycles. The lowest BCUT2D eigenvalue weighted by molar-refractivity contribution is 0.0599. The fraction of sp³-hybridized carbons (Fsp3) is 0.312. The van der Waals surface area contributed by atoms with Crippen LogP contribution in [0.1, 0.15) is 34.7 Å². The molecule has 0 saturated carbocycles. The van der Waals surface area contributed by atoms with Gasteiger partial charge in [0, 0.05) is 19.4 Å². The van der Waals surface area contributed by atoms with Gasteiger partial charge in [0.05, 0.1) is 5.41 Å². The van der Waals surface area contributed by atoms with Crippen molar-refractivity contribution in [3.05, 3.63) is 59.7 Å². The van der Waals surface area contributed by atoms with E-state index < -0.39 is 5.97 Å². The topological polar surface area (TPSA) is 72.3 Å². The molecule has 0 spiro atoms. The van der Waals surface area contributed by atoms with Crippen molar-refractivity contribution >= 4 is 5.97 Å². The van der Waals surface area contributed by atoms with E-state index in [1.165, 1.54) is 12.3 Å². The molecule has 108 valence electrons. The monoisotopic (exact) mass is 284 g/mol. The molecule has 5 heteroatoms. The Balaban J connectivity index is 2.12. The van der Waals surface area contributed by atoms with Crippen molar-refractivity contribution in [2.75, 3.05) is 13.2 Å². The van der Waals surface area contributed by atoms with Gasteiger partial charge in [0.15, 0.2) is 5.69 Å². The van der Waals surface area contributed by atoms with Crippen molar-refractivity contribution in [2.45, 2.75) is 18.3 Å². The Bertz CT molecular complexity index is 637. The Morgan fingerprint density at radius 3 is 2.52 bits per heavy atom. The van der Waals surface area contributed by atoms with Gasteiger partial charge in [-0.2, -0.15) is 0 Å². The SMILES string of the molecule is O=C(O)c1ccnc(C2(c3ccccc3)CCOCC2)n1. The molecular weight excluding hydrogens is 268 g/mol. The minimum absolute atomic E-state index is 0.0294. The fourth-order valence-electron chi connectivity index (χ4n) is 2.83. The van der Waals surface area contributed by atoms with E-state index in [0.717, 1.165) is 18.4 Å². The minimum atomic E-state index is -1.03. The standard InChI is InChI=1S/C16H16N2O3/c19-14(20)13-6-9-17-15(18-13)16(7-10-21-11-8-16)12-4-2-1-3-5-12/h1-6,9H,7-8,10-11H2,(H,19,20). The number of hydrogen-bond donors (Lipinski definition) is 1. The van der Waals surface area contributed by atoms with E-state index in [9.17, 15) is 4.79 Å². The number of nitrogens with zero attached hydrogens (tertiary/aromatic N) is 2. The van der Waals surface area contributed by atoms with Crippen LogP contribution in [0, 0.1) is 0 Å². The number of carbonyl (C=O) groups is 1. The second kappa shape index (κ2) is 5.61. The molecule has 0 bridgehead atoms. The first-order valence-electron chi connectivity index (χ1n) is 6.92. The summed E-state index contributed by atoms with van der Waals surface area (Å²) in [5.41, 5.74) is 0.767. The van der Waals surface area contributed by atoms with Crippen LogP contribution >= 0.6 is 0 Å². The summed E-state index contributed by atoms with van der Waals surface area (Å²) in [5.74, 6) is -0.467. The molecule has 1 aliphatic heterocycles. The maximum atomic E-state index is 11.2. The van der Waals surface area contributed by atoms with Gasteiger partial charge in [-0.05, 0) is 24.5 Å². The predicted octanol–water partition coefficient (Wildman–Crippen LogP) is 2.27. The highest BCUT2D eigenvalue weighted by molar-refractivity contribution is 5.85. The van der Waals surface area contributed by atoms with Crippen molar-refractivity contribution in [1.82, 2.24) is 9.97 Å². The second-order valence-electron chi connectivity index (χ2n) is 5.13. The van der Waals surface area contributed by atoms with Crippen molar-refractivity contribution in [3.8, 4) is 0 Å². The molecule has 1 aromatic carbocycles. The number of carboxylic acids is 1. The van der Waals surface area contributed by atoms with Crippen molar-refractivity contribution in [2.24, 2.45) is 0 Å². The van der Waals surface area contributed by atoms with Crippen LogP contribution in [-0.2, 0) is 10.2 Å². The number of ether oxygens (including phenoxy) is 1. The zero-order chi connectivity index (χ0) is 14.7. The predicted molar refractivity (Wildman–Crippen MR) is 76.3 cm³/mol. The first kappa shape index (κ1) is 13.7. The third kappa shape index (κ3) is 2.52. The number of carboxylic acid groups (broad SMARTS) is 1. The molecular formula is C16H16N2O3. The van der Waals surface area contributed by atoms with E-state index in [4.69, 9.17) is 9.84 Å². The van der Waals surface area contributed by atoms with Crippen LogP contribution in [0.2, 0.25) is 0 Å². The van der Waals surface area contributed by atoms with Gasteiger partial charge in [-0.15, -0.1) is 0 Å². The molecule has 0 radical (unpaired) electrons. The molecule has 5 nitrogen and oxygen atoms in total. The highest BCUT2D eigenvalue weighted by Crippen LogP contribution is 2.39. The normalized spacial score (nSPS) is 17.3. The molecule has 2 heterocycles. The molecule has 0 unspecified atom stereocenters. The molecule has 21 heavy (non-hydrogen) atoms. The van der Waals surface area contributed by atoms with Crippen LogP contribution in [0.5, 0.6) is 0 Å². The first-order valence-corrected chi connectivity index (χ1v) is 6.92. The van der Waals surface area contributed by atoms with Crippen molar-refractivity contribution in [1.29, 1.82) is 0 Å². The van der Waals surface area contributed by atoms with Crippen LogP contribution in [0.25, 0.3) is 0 Å². The van der Waals surface area contributed by atoms with E-state index in [2.05, 4.69) is 9.97 Å². The average molecular weight is 284 g/mol. The minimum Gasteiger partial charge on any atom is -0.477 e. The van der Waals surface area contributed by atoms with Gasteiger partial charge in [0.25, 0.3) is 0 Å². The summed E-state index contributed by atoms with van der Waals surface area (Å²) in [6.45, 7) is 1.24. The van der Waals surface area contributed by atoms with Gasteiger partial charge in [0.1, 0.15) is 5.82 Å². The highest BCUT2D eigenvalue weighted by Gasteiger charge is 2.39. The van der Waals surface area contributed by atoms with Gasteiger partial charge in [-0.3, -0.25) is 0 Å². The van der Waals surface area contributed by atoms with E-state index in [1.807, 2.05) is 30.3 Å². The van der Waals surface area contributed by atoms with Gasteiger partial charge in [-0.25, -0.2) is 14.8 Å². The van der Waals surface area contributed by atoms with Gasteiger partial charge in [-0.1, -0.05) is 30.3 Å². The van der Waals surface area contributed by atoms with Gasteiger partial charge < -0.3 is 9.84 Å². The molecule has 1 saturated heterocycles. The Labute approximate surface area is 122 Å². The first-order chi connectivity index (χ1) is 10.2. The zero-order valence-electron chi connectivity index (χ0n) is 11.5. The smallest absolute Gasteiger partial charge is 0.354 e. The summed E-state index contributed by atoms with van der Waals surface area (Å²) in [4.78, 5) is 19.8. The largest absolute Gasteiger partial charge is 0.477 e. The van der Waals surface area contributed by atoms with Crippen LogP contribution in [-0.4, -0.2) is 34.3 Å². The maximum Gasteiger partial charge on any atom is 0.354 e. The summed E-state index contributed by atoms with van der Waals surface area (Å²) in [6.07, 6.45) is 3.02. The summed E-state index contributed by atoms with van der Waals surface area (Å²) in [5, 5.41) is 9.15. The lowest BCUT2D eigenvalue weighted by Crippen LogP contribution is -2.37. The summed E-state index contributed by atoms with van der Waals surface area (Å²) >= 11 is 0. The van der Waals surface area contributed by atoms with Gasteiger partial charge in [0.2, 0.25) is 0 Å². The third-order valence-electron chi connectivity index (χ3n) is 3.98. The number of rotatable bonds is 3. The van der Waals surface area contributed by atoms with Crippen molar-refractivity contribution in [3.63, 3.8) is 0 Å². The van der Waals surface area contributed by atoms with Crippen LogP contribution in [0.3, 0.4) is 0 Å². The van der Waals surface area contributed by atoms with Crippen LogP contribution in [0.15, 0.2) is 42.6 Å². The molecule has 1 N–H and O–H groups in total. The molecule has 0 aliphatic carbocycles. The lowest BCUT2D eigenvalue weighted by atomic mass is 9.73. The van der Waals surface area contributed by atoms with Crippen LogP contribution in [0.4, 0.5) is 0 Å². The molecule has 2 aromatic rings. The Kier molecular flexibility index (Phi) is 3.66. The fourth-order valence-corrected chi connectivity index (χ4v) is 2.83. The molecule has 1 aliphatic rings. The summed E-state index contributed by atoms with van der Waals surface area (Å²) in [6, 6.07) is 11.4. The Hall–Kier alpha value is -2.27. The van der Waals surface area contributed by atoms with Gasteiger partial charge >= 0.3 is 5.97 Å². The van der Waals surface area contributed by atoms with Crippen LogP contribution < -0.4 is 0 Å². The average Bonchev–Trinajstić information content (AvgIpc) is 2.56. The number of aromatic carboxylic acids is 1. The molecule has 1 fully saturated rings. The Morgan fingerprint density at radius 1 is 1.14 bits per heavy atom. The van der Waals surface area contributed by atoms with E-state index in [0.29, 0.717) is 19.0 Å². The molecule has 0 atom stereocenters. The van der Waals surface area contributed by atoms with E-state index in [1.54, 1.807) is 0 Å². The van der Waals surface area contributed by atoms with E-state index in [-0.39, 0.29) is 11.1 Å². The number of aromatic nitrogens is 2. The third-order valence-corrected chi connectivity index (χ3v) is 3.98. The molecule has 0 amide bonds. The number of hydrogen-bond acceptors (Lipinski definition) is 4. The highest BCUT2D eigenvalue weighted by atomic mass is 16.5. The summed E-state index contributed by atoms with van der Waals surface area (Å²) in [7, 11) is 0. The molecule has 3 rings (SSSR count). The zero-order valence-corrected chi connectivity index (χ0v) is 11.5. The van der Waals surface area contributed by atoms with E-state index >= 15 is 0 Å². The van der Waals surface area contributed by atoms with Crippen molar-refractivity contribution < 1.29 is 14.6 Å².